The number of aliphatic hydroxyl groups excluding tert-OH is 1. The van der Waals surface area contributed by atoms with Gasteiger partial charge in [-0.05, 0) is 5.56 Å². The summed E-state index contributed by atoms with van der Waals surface area (Å²) in [6, 6.07) is 9.35. The third-order valence-corrected chi connectivity index (χ3v) is 3.91. The number of aliphatic hydroxyl groups is 1. The summed E-state index contributed by atoms with van der Waals surface area (Å²) in [6.45, 7) is 3.66. The zero-order valence-corrected chi connectivity index (χ0v) is 15.9. The van der Waals surface area contributed by atoms with Gasteiger partial charge in [0, 0.05) is 20.8 Å². The molecular formula is C19H24O9. The summed E-state index contributed by atoms with van der Waals surface area (Å²) in [7, 11) is 0. The minimum atomic E-state index is -1.59. The van der Waals surface area contributed by atoms with E-state index in [0.29, 0.717) is 0 Å². The number of benzene rings is 1. The smallest absolute Gasteiger partial charge is 0.303 e. The van der Waals surface area contributed by atoms with Gasteiger partial charge in [-0.3, -0.25) is 14.4 Å². The van der Waals surface area contributed by atoms with Crippen molar-refractivity contribution in [2.45, 2.75) is 58.1 Å². The normalized spacial score (nSPS) is 26.9. The van der Waals surface area contributed by atoms with E-state index in [1.165, 1.54) is 6.92 Å². The van der Waals surface area contributed by atoms with Crippen LogP contribution in [0.2, 0.25) is 0 Å². The highest BCUT2D eigenvalue weighted by molar-refractivity contribution is 5.68. The van der Waals surface area contributed by atoms with Crippen LogP contribution >= 0.6 is 0 Å². The molecule has 1 aliphatic rings. The van der Waals surface area contributed by atoms with Gasteiger partial charge in [-0.1, -0.05) is 30.3 Å². The van der Waals surface area contributed by atoms with Crippen LogP contribution in [0.1, 0.15) is 26.3 Å². The Morgan fingerprint density at radius 1 is 0.893 bits per heavy atom. The molecule has 9 nitrogen and oxygen atoms in total. The predicted octanol–water partition coefficient (Wildman–Crippen LogP) is 0.715. The van der Waals surface area contributed by atoms with Crippen LogP contribution < -0.4 is 0 Å². The highest BCUT2D eigenvalue weighted by Gasteiger charge is 2.51. The average molecular weight is 396 g/mol. The summed E-state index contributed by atoms with van der Waals surface area (Å²) in [6.07, 6.45) is -6.27. The summed E-state index contributed by atoms with van der Waals surface area (Å²) < 4.78 is 26.5. The number of hydrogen-bond acceptors (Lipinski definition) is 9. The van der Waals surface area contributed by atoms with Crippen LogP contribution in [-0.2, 0) is 44.7 Å². The Kier molecular flexibility index (Phi) is 7.91. The Balaban J connectivity index is 2.16. The van der Waals surface area contributed by atoms with Gasteiger partial charge in [-0.25, -0.2) is 0 Å². The molecule has 0 bridgehead atoms. The van der Waals surface area contributed by atoms with Crippen molar-refractivity contribution in [3.8, 4) is 0 Å². The zero-order chi connectivity index (χ0) is 20.7. The van der Waals surface area contributed by atoms with Crippen molar-refractivity contribution < 1.29 is 43.2 Å². The van der Waals surface area contributed by atoms with Crippen LogP contribution in [-0.4, -0.2) is 60.3 Å². The van der Waals surface area contributed by atoms with E-state index < -0.39 is 48.6 Å². The van der Waals surface area contributed by atoms with E-state index in [9.17, 15) is 19.5 Å². The fourth-order valence-corrected chi connectivity index (χ4v) is 2.87. The van der Waals surface area contributed by atoms with Crippen LogP contribution in [0.25, 0.3) is 0 Å². The molecule has 2 rings (SSSR count). The molecule has 1 fully saturated rings. The van der Waals surface area contributed by atoms with Crippen LogP contribution in [0.15, 0.2) is 30.3 Å². The Labute approximate surface area is 162 Å². The van der Waals surface area contributed by atoms with E-state index in [2.05, 4.69) is 0 Å². The van der Waals surface area contributed by atoms with E-state index in [-0.39, 0.29) is 13.2 Å². The van der Waals surface area contributed by atoms with Gasteiger partial charge >= 0.3 is 17.9 Å². The first-order valence-electron chi connectivity index (χ1n) is 8.74. The largest absolute Gasteiger partial charge is 0.456 e. The predicted molar refractivity (Wildman–Crippen MR) is 93.6 cm³/mol. The van der Waals surface area contributed by atoms with E-state index in [1.807, 2.05) is 30.3 Å². The van der Waals surface area contributed by atoms with Crippen LogP contribution in [0.5, 0.6) is 0 Å². The molecule has 1 aliphatic heterocycles. The van der Waals surface area contributed by atoms with Crippen molar-refractivity contribution in [1.29, 1.82) is 0 Å². The van der Waals surface area contributed by atoms with Crippen molar-refractivity contribution in [2.75, 3.05) is 6.61 Å². The maximum atomic E-state index is 11.6. The fraction of sp³-hybridized carbons (Fsp3) is 0.526. The second-order valence-electron chi connectivity index (χ2n) is 6.29. The molecule has 28 heavy (non-hydrogen) atoms. The topological polar surface area (TPSA) is 118 Å². The standard InChI is InChI=1S/C19H24O9/c1-11(20)25-16-15(10-24-9-14-7-5-4-6-8-14)28-19(23)18(27-13(3)22)17(16)26-12(2)21/h4-8,15-19,23H,9-10H2,1-3H3/t15-,16+,17+,18-,19-/m1/s1. The molecule has 1 heterocycles. The highest BCUT2D eigenvalue weighted by Crippen LogP contribution is 2.28. The minimum Gasteiger partial charge on any atom is -0.456 e. The van der Waals surface area contributed by atoms with Crippen molar-refractivity contribution in [3.63, 3.8) is 0 Å². The lowest BCUT2D eigenvalue weighted by Crippen LogP contribution is -2.62. The molecule has 0 radical (unpaired) electrons. The van der Waals surface area contributed by atoms with Gasteiger partial charge in [-0.15, -0.1) is 0 Å². The molecule has 1 saturated heterocycles. The number of rotatable bonds is 7. The quantitative estimate of drug-likeness (QED) is 0.525. The first-order chi connectivity index (χ1) is 13.3. The summed E-state index contributed by atoms with van der Waals surface area (Å²) in [5, 5.41) is 10.3. The molecule has 0 saturated carbocycles. The maximum Gasteiger partial charge on any atom is 0.303 e. The minimum absolute atomic E-state index is 0.0611. The summed E-state index contributed by atoms with van der Waals surface area (Å²) in [5.41, 5.74) is 0.914. The molecular weight excluding hydrogens is 372 g/mol. The number of ether oxygens (including phenoxy) is 5. The first kappa shape index (κ1) is 21.8. The van der Waals surface area contributed by atoms with E-state index in [1.54, 1.807) is 0 Å². The van der Waals surface area contributed by atoms with Crippen LogP contribution in [0.4, 0.5) is 0 Å². The molecule has 9 heteroatoms. The van der Waals surface area contributed by atoms with Crippen LogP contribution in [0.3, 0.4) is 0 Å². The molecule has 0 unspecified atom stereocenters. The van der Waals surface area contributed by atoms with Crippen molar-refractivity contribution >= 4 is 17.9 Å². The number of hydrogen-bond donors (Lipinski definition) is 1. The molecule has 0 aliphatic carbocycles. The third-order valence-electron chi connectivity index (χ3n) is 3.91. The molecule has 5 atom stereocenters. The Hall–Kier alpha value is -2.49. The monoisotopic (exact) mass is 396 g/mol. The Bertz CT molecular complexity index is 675. The van der Waals surface area contributed by atoms with Gasteiger partial charge < -0.3 is 28.8 Å². The number of esters is 3. The van der Waals surface area contributed by atoms with Gasteiger partial charge in [0.25, 0.3) is 0 Å². The fourth-order valence-electron chi connectivity index (χ4n) is 2.87. The van der Waals surface area contributed by atoms with E-state index in [4.69, 9.17) is 23.7 Å². The molecule has 1 aromatic rings. The summed E-state index contributed by atoms with van der Waals surface area (Å²) >= 11 is 0. The van der Waals surface area contributed by atoms with Crippen molar-refractivity contribution in [1.82, 2.24) is 0 Å². The zero-order valence-electron chi connectivity index (χ0n) is 15.9. The van der Waals surface area contributed by atoms with E-state index >= 15 is 0 Å². The third kappa shape index (κ3) is 6.29. The van der Waals surface area contributed by atoms with Gasteiger partial charge in [0.1, 0.15) is 6.10 Å². The lowest BCUT2D eigenvalue weighted by Gasteiger charge is -2.42. The summed E-state index contributed by atoms with van der Waals surface area (Å²) in [5.74, 6) is -2.07. The maximum absolute atomic E-state index is 11.6. The average Bonchev–Trinajstić information content (AvgIpc) is 2.61. The molecule has 0 amide bonds. The second kappa shape index (κ2) is 10.2. The van der Waals surface area contributed by atoms with Gasteiger partial charge in [0.2, 0.25) is 0 Å². The molecule has 0 spiro atoms. The van der Waals surface area contributed by atoms with Crippen LogP contribution in [0, 0.1) is 0 Å². The van der Waals surface area contributed by atoms with Crippen molar-refractivity contribution in [3.05, 3.63) is 35.9 Å². The SMILES string of the molecule is CC(=O)O[C@@H]1[C@@H](OC(C)=O)[C@H](O)O[C@H](COCc2ccccc2)[C@@H]1OC(C)=O. The van der Waals surface area contributed by atoms with Gasteiger partial charge in [-0.2, -0.15) is 0 Å². The van der Waals surface area contributed by atoms with E-state index in [0.717, 1.165) is 19.4 Å². The lowest BCUT2D eigenvalue weighted by molar-refractivity contribution is -0.297. The Morgan fingerprint density at radius 3 is 2.00 bits per heavy atom. The summed E-state index contributed by atoms with van der Waals surface area (Å²) in [4.78, 5) is 34.5. The van der Waals surface area contributed by atoms with Crippen molar-refractivity contribution in [2.24, 2.45) is 0 Å². The van der Waals surface area contributed by atoms with Gasteiger partial charge in [0.05, 0.1) is 13.2 Å². The molecule has 0 aromatic heterocycles. The van der Waals surface area contributed by atoms with Gasteiger partial charge in [0.15, 0.2) is 24.6 Å². The highest BCUT2D eigenvalue weighted by atomic mass is 16.7. The molecule has 1 aromatic carbocycles. The molecule has 1 N–H and O–H groups in total. The lowest BCUT2D eigenvalue weighted by atomic mass is 9.98. The second-order valence-corrected chi connectivity index (χ2v) is 6.29. The molecule has 154 valence electrons. The first-order valence-corrected chi connectivity index (χ1v) is 8.74. The Morgan fingerprint density at radius 2 is 1.43 bits per heavy atom. The number of carbonyl (C=O) groups is 3. The number of carbonyl (C=O) groups excluding carboxylic acids is 3.